The fraction of sp³-hybridized carbons (Fsp3) is 0.188. The zero-order valence-corrected chi connectivity index (χ0v) is 14.6. The number of halogens is 1. The monoisotopic (exact) mass is 364 g/mol. The van der Waals surface area contributed by atoms with Crippen LogP contribution in [-0.4, -0.2) is 21.5 Å². The number of aromatic amines is 1. The number of nitrogens with zero attached hydrogens (tertiary/aromatic N) is 1. The molecule has 0 aliphatic rings. The first kappa shape index (κ1) is 16.2. The molecule has 0 spiro atoms. The molecule has 7 heteroatoms. The maximum atomic E-state index is 12.4. The molecule has 0 unspecified atom stereocenters. The number of H-pyrrole nitrogens is 1. The zero-order chi connectivity index (χ0) is 16.4. The average molecular weight is 365 g/mol. The van der Waals surface area contributed by atoms with Crippen molar-refractivity contribution in [3.63, 3.8) is 0 Å². The second-order valence-electron chi connectivity index (χ2n) is 5.01. The molecule has 2 heterocycles. The predicted octanol–water partition coefficient (Wildman–Crippen LogP) is 4.38. The molecule has 23 heavy (non-hydrogen) atoms. The summed E-state index contributed by atoms with van der Waals surface area (Å²) < 4.78 is 0. The van der Waals surface area contributed by atoms with Gasteiger partial charge in [-0.15, -0.1) is 11.3 Å². The number of hydrogen-bond donors (Lipinski definition) is 1. The Balaban J connectivity index is 1.96. The van der Waals surface area contributed by atoms with Gasteiger partial charge in [-0.25, -0.2) is 4.98 Å². The minimum absolute atomic E-state index is 0.127. The van der Waals surface area contributed by atoms with Crippen LogP contribution in [0, 0.1) is 0 Å². The fourth-order valence-electron chi connectivity index (χ4n) is 2.13. The molecule has 0 aliphatic carbocycles. The minimum Gasteiger partial charge on any atom is -0.301 e. The average Bonchev–Trinajstić information content (AvgIpc) is 2.92. The van der Waals surface area contributed by atoms with Crippen molar-refractivity contribution in [3.05, 3.63) is 45.0 Å². The van der Waals surface area contributed by atoms with E-state index in [1.807, 2.05) is 17.5 Å². The Kier molecular flexibility index (Phi) is 4.84. The molecule has 0 aliphatic heterocycles. The molecule has 3 rings (SSSR count). The smallest absolute Gasteiger partial charge is 0.260 e. The van der Waals surface area contributed by atoms with Gasteiger partial charge in [0, 0.05) is 28.1 Å². The molecule has 0 amide bonds. The van der Waals surface area contributed by atoms with Crippen LogP contribution in [0.5, 0.6) is 0 Å². The van der Waals surface area contributed by atoms with Crippen LogP contribution in [0.25, 0.3) is 21.3 Å². The number of Topliss-reactive ketones (excluding diaryl/α,β-unsaturated/α-hetero) is 1. The van der Waals surface area contributed by atoms with Gasteiger partial charge in [-0.05, 0) is 24.6 Å². The summed E-state index contributed by atoms with van der Waals surface area (Å²) in [4.78, 5) is 31.4. The van der Waals surface area contributed by atoms with E-state index in [0.717, 1.165) is 11.1 Å². The van der Waals surface area contributed by atoms with Crippen molar-refractivity contribution in [2.24, 2.45) is 0 Å². The molecule has 118 valence electrons. The second-order valence-corrected chi connectivity index (χ2v) is 7.39. The Labute approximate surface area is 145 Å². The summed E-state index contributed by atoms with van der Waals surface area (Å²) in [5.41, 5.74) is 1.63. The highest BCUT2D eigenvalue weighted by Crippen LogP contribution is 2.32. The number of nitrogens with one attached hydrogen (secondary N) is 1. The Morgan fingerprint density at radius 2 is 2.09 bits per heavy atom. The maximum Gasteiger partial charge on any atom is 0.260 e. The van der Waals surface area contributed by atoms with E-state index in [0.29, 0.717) is 32.6 Å². The lowest BCUT2D eigenvalue weighted by molar-refractivity contribution is -0.116. The SMILES string of the molecule is CC(=O)CCSc1nc2scc(-c3ccc(Cl)cc3)c2c(=O)[nH]1. The van der Waals surface area contributed by atoms with Crippen molar-refractivity contribution in [3.8, 4) is 11.1 Å². The van der Waals surface area contributed by atoms with Crippen LogP contribution < -0.4 is 5.56 Å². The van der Waals surface area contributed by atoms with Gasteiger partial charge in [0.15, 0.2) is 5.16 Å². The summed E-state index contributed by atoms with van der Waals surface area (Å²) >= 11 is 8.73. The van der Waals surface area contributed by atoms with E-state index in [1.165, 1.54) is 23.1 Å². The summed E-state index contributed by atoms with van der Waals surface area (Å²) in [6, 6.07) is 7.37. The highest BCUT2D eigenvalue weighted by molar-refractivity contribution is 7.99. The van der Waals surface area contributed by atoms with E-state index in [2.05, 4.69) is 9.97 Å². The van der Waals surface area contributed by atoms with Gasteiger partial charge in [-0.2, -0.15) is 0 Å². The molecular formula is C16H13ClN2O2S2. The largest absolute Gasteiger partial charge is 0.301 e. The van der Waals surface area contributed by atoms with Gasteiger partial charge < -0.3 is 4.98 Å². The summed E-state index contributed by atoms with van der Waals surface area (Å²) in [5.74, 6) is 0.737. The number of benzene rings is 1. The topological polar surface area (TPSA) is 62.8 Å². The van der Waals surface area contributed by atoms with Crippen molar-refractivity contribution >= 4 is 50.7 Å². The highest BCUT2D eigenvalue weighted by Gasteiger charge is 2.13. The van der Waals surface area contributed by atoms with E-state index >= 15 is 0 Å². The van der Waals surface area contributed by atoms with Gasteiger partial charge in [0.05, 0.1) is 5.39 Å². The van der Waals surface area contributed by atoms with Gasteiger partial charge in [-0.3, -0.25) is 9.59 Å². The number of thioether (sulfide) groups is 1. The van der Waals surface area contributed by atoms with Crippen LogP contribution in [0.15, 0.2) is 39.6 Å². The molecule has 0 bridgehead atoms. The Morgan fingerprint density at radius 1 is 1.35 bits per heavy atom. The summed E-state index contributed by atoms with van der Waals surface area (Å²) in [7, 11) is 0. The van der Waals surface area contributed by atoms with E-state index < -0.39 is 0 Å². The minimum atomic E-state index is -0.161. The lowest BCUT2D eigenvalue weighted by Gasteiger charge is -2.02. The standard InChI is InChI=1S/C16H13ClN2O2S2/c1-9(20)6-7-22-16-18-14(21)13-12(8-23-15(13)19-16)10-2-4-11(17)5-3-10/h2-5,8H,6-7H2,1H3,(H,18,19,21). The zero-order valence-electron chi connectivity index (χ0n) is 12.3. The maximum absolute atomic E-state index is 12.4. The van der Waals surface area contributed by atoms with E-state index in [9.17, 15) is 9.59 Å². The molecule has 1 N–H and O–H groups in total. The van der Waals surface area contributed by atoms with Crippen molar-refractivity contribution in [1.29, 1.82) is 0 Å². The second kappa shape index (κ2) is 6.86. The van der Waals surface area contributed by atoms with Crippen LogP contribution in [0.2, 0.25) is 5.02 Å². The molecule has 3 aromatic rings. The Hall–Kier alpha value is -1.63. The van der Waals surface area contributed by atoms with E-state index in [4.69, 9.17) is 11.6 Å². The van der Waals surface area contributed by atoms with Crippen LogP contribution in [0.1, 0.15) is 13.3 Å². The molecule has 0 radical (unpaired) electrons. The first-order valence-corrected chi connectivity index (χ1v) is 9.18. The van der Waals surface area contributed by atoms with Crippen molar-refractivity contribution < 1.29 is 4.79 Å². The molecule has 0 atom stereocenters. The number of carbonyl (C=O) groups is 1. The molecular weight excluding hydrogens is 352 g/mol. The summed E-state index contributed by atoms with van der Waals surface area (Å²) in [6.45, 7) is 1.55. The number of carbonyl (C=O) groups excluding carboxylic acids is 1. The van der Waals surface area contributed by atoms with Gasteiger partial charge in [0.25, 0.3) is 5.56 Å². The van der Waals surface area contributed by atoms with Gasteiger partial charge in [0.1, 0.15) is 10.6 Å². The van der Waals surface area contributed by atoms with Gasteiger partial charge >= 0.3 is 0 Å². The highest BCUT2D eigenvalue weighted by atomic mass is 35.5. The van der Waals surface area contributed by atoms with Crippen LogP contribution >= 0.6 is 34.7 Å². The van der Waals surface area contributed by atoms with E-state index in [-0.39, 0.29) is 11.3 Å². The number of rotatable bonds is 5. The third kappa shape index (κ3) is 3.65. The number of hydrogen-bond acceptors (Lipinski definition) is 5. The Bertz CT molecular complexity index is 916. The molecule has 2 aromatic heterocycles. The first-order chi connectivity index (χ1) is 11.0. The van der Waals surface area contributed by atoms with E-state index in [1.54, 1.807) is 19.1 Å². The van der Waals surface area contributed by atoms with Crippen LogP contribution in [-0.2, 0) is 4.79 Å². The van der Waals surface area contributed by atoms with Crippen molar-refractivity contribution in [2.75, 3.05) is 5.75 Å². The lowest BCUT2D eigenvalue weighted by Crippen LogP contribution is -2.09. The Morgan fingerprint density at radius 3 is 2.78 bits per heavy atom. The van der Waals surface area contributed by atoms with Crippen molar-refractivity contribution in [2.45, 2.75) is 18.5 Å². The van der Waals surface area contributed by atoms with Crippen LogP contribution in [0.4, 0.5) is 0 Å². The normalized spacial score (nSPS) is 11.0. The number of ketones is 1. The fourth-order valence-corrected chi connectivity index (χ4v) is 4.17. The molecule has 1 aromatic carbocycles. The predicted molar refractivity (Wildman–Crippen MR) is 96.7 cm³/mol. The third-order valence-electron chi connectivity index (χ3n) is 3.27. The molecule has 0 saturated heterocycles. The number of fused-ring (bicyclic) bond motifs is 1. The quantitative estimate of drug-likeness (QED) is 0.539. The van der Waals surface area contributed by atoms with Crippen LogP contribution in [0.3, 0.4) is 0 Å². The molecule has 0 fully saturated rings. The summed E-state index contributed by atoms with van der Waals surface area (Å²) in [6.07, 6.45) is 0.465. The van der Waals surface area contributed by atoms with Gasteiger partial charge in [0.2, 0.25) is 0 Å². The number of thiophene rings is 1. The third-order valence-corrected chi connectivity index (χ3v) is 5.27. The molecule has 0 saturated carbocycles. The lowest BCUT2D eigenvalue weighted by atomic mass is 10.1. The van der Waals surface area contributed by atoms with Crippen molar-refractivity contribution in [1.82, 2.24) is 9.97 Å². The molecule has 4 nitrogen and oxygen atoms in total. The van der Waals surface area contributed by atoms with Gasteiger partial charge in [-0.1, -0.05) is 35.5 Å². The summed E-state index contributed by atoms with van der Waals surface area (Å²) in [5, 5.41) is 3.73. The number of aromatic nitrogens is 2. The first-order valence-electron chi connectivity index (χ1n) is 6.94.